The number of piperazine rings is 1. The van der Waals surface area contributed by atoms with Gasteiger partial charge in [0, 0.05) is 33.1 Å². The van der Waals surface area contributed by atoms with Gasteiger partial charge >= 0.3 is 0 Å². The Morgan fingerprint density at radius 3 is 2.67 bits per heavy atom. The van der Waals surface area contributed by atoms with Gasteiger partial charge in [-0.2, -0.15) is 14.6 Å². The molecule has 1 aliphatic heterocycles. The minimum absolute atomic E-state index is 0.156. The number of aromatic nitrogens is 2. The number of nitriles is 1. The van der Waals surface area contributed by atoms with Crippen LogP contribution in [0.1, 0.15) is 17.3 Å². The van der Waals surface area contributed by atoms with Crippen LogP contribution in [-0.2, 0) is 16.6 Å². The maximum absolute atomic E-state index is 12.7. The minimum Gasteiger partial charge on any atom is -0.340 e. The predicted octanol–water partition coefficient (Wildman–Crippen LogP) is 0.756. The molecule has 0 bridgehead atoms. The molecule has 1 saturated heterocycles. The quantitative estimate of drug-likeness (QED) is 0.804. The first-order valence-corrected chi connectivity index (χ1v) is 8.95. The molecule has 0 spiro atoms. The van der Waals surface area contributed by atoms with E-state index >= 15 is 0 Å². The van der Waals surface area contributed by atoms with Crippen molar-refractivity contribution in [3.8, 4) is 6.07 Å². The van der Waals surface area contributed by atoms with Gasteiger partial charge in [-0.3, -0.25) is 4.90 Å². The Bertz CT molecular complexity index is 863. The van der Waals surface area contributed by atoms with Crippen LogP contribution >= 0.6 is 0 Å². The lowest BCUT2D eigenvalue weighted by Gasteiger charge is -2.33. The van der Waals surface area contributed by atoms with Crippen molar-refractivity contribution in [2.24, 2.45) is 0 Å². The molecule has 2 aromatic rings. The van der Waals surface area contributed by atoms with E-state index < -0.39 is 10.0 Å². The van der Waals surface area contributed by atoms with Crippen molar-refractivity contribution in [1.82, 2.24) is 19.3 Å². The maximum Gasteiger partial charge on any atom is 0.243 e. The van der Waals surface area contributed by atoms with E-state index in [9.17, 15) is 8.42 Å². The highest BCUT2D eigenvalue weighted by molar-refractivity contribution is 7.89. The molecule has 1 fully saturated rings. The molecule has 3 rings (SSSR count). The van der Waals surface area contributed by atoms with Crippen LogP contribution in [0.5, 0.6) is 0 Å². The van der Waals surface area contributed by atoms with Crippen molar-refractivity contribution in [2.45, 2.75) is 18.4 Å². The molecule has 0 aliphatic carbocycles. The summed E-state index contributed by atoms with van der Waals surface area (Å²) in [6.45, 7) is 4.22. The van der Waals surface area contributed by atoms with Crippen LogP contribution in [0.15, 0.2) is 33.7 Å². The van der Waals surface area contributed by atoms with Crippen molar-refractivity contribution in [1.29, 1.82) is 5.26 Å². The smallest absolute Gasteiger partial charge is 0.243 e. The van der Waals surface area contributed by atoms with Crippen LogP contribution in [0.25, 0.3) is 0 Å². The summed E-state index contributed by atoms with van der Waals surface area (Å²) in [6, 6.07) is 8.06. The van der Waals surface area contributed by atoms with Gasteiger partial charge in [0.25, 0.3) is 0 Å². The molecule has 1 aromatic carbocycles. The molecule has 9 heteroatoms. The van der Waals surface area contributed by atoms with E-state index in [4.69, 9.17) is 9.78 Å². The van der Waals surface area contributed by atoms with Gasteiger partial charge < -0.3 is 4.52 Å². The molecule has 0 atom stereocenters. The molecule has 1 aliphatic rings. The fourth-order valence-corrected chi connectivity index (χ4v) is 4.08. The molecule has 0 saturated carbocycles. The Kier molecular flexibility index (Phi) is 4.62. The van der Waals surface area contributed by atoms with E-state index in [-0.39, 0.29) is 4.90 Å². The maximum atomic E-state index is 12.7. The minimum atomic E-state index is -3.58. The first-order valence-electron chi connectivity index (χ1n) is 7.51. The molecule has 0 N–H and O–H groups in total. The standard InChI is InChI=1S/C15H17N5O3S/c1-12-17-15(18-23-12)11-19-5-7-20(8-6-19)24(21,22)14-4-2-3-13(9-14)10-16/h2-4,9H,5-8,11H2,1H3. The number of hydrogen-bond acceptors (Lipinski definition) is 7. The number of hydrogen-bond donors (Lipinski definition) is 0. The summed E-state index contributed by atoms with van der Waals surface area (Å²) in [5, 5.41) is 12.8. The van der Waals surface area contributed by atoms with E-state index in [1.807, 2.05) is 6.07 Å². The topological polar surface area (TPSA) is 103 Å². The number of sulfonamides is 1. The van der Waals surface area contributed by atoms with Gasteiger partial charge in [-0.1, -0.05) is 11.2 Å². The van der Waals surface area contributed by atoms with Gasteiger partial charge in [0.05, 0.1) is 23.1 Å². The average Bonchev–Trinajstić information content (AvgIpc) is 3.00. The summed E-state index contributed by atoms with van der Waals surface area (Å²) in [5.41, 5.74) is 0.335. The van der Waals surface area contributed by atoms with Crippen LogP contribution in [0.2, 0.25) is 0 Å². The Balaban J connectivity index is 1.66. The summed E-state index contributed by atoms with van der Waals surface area (Å²) in [7, 11) is -3.58. The van der Waals surface area contributed by atoms with Crippen LogP contribution in [0, 0.1) is 18.3 Å². The zero-order valence-corrected chi connectivity index (χ0v) is 14.0. The Labute approximate surface area is 140 Å². The van der Waals surface area contributed by atoms with Crippen molar-refractivity contribution >= 4 is 10.0 Å². The van der Waals surface area contributed by atoms with Gasteiger partial charge in [-0.25, -0.2) is 8.42 Å². The first-order chi connectivity index (χ1) is 11.5. The summed E-state index contributed by atoms with van der Waals surface area (Å²) in [4.78, 5) is 6.40. The second-order valence-electron chi connectivity index (χ2n) is 5.55. The third kappa shape index (κ3) is 3.46. The summed E-state index contributed by atoms with van der Waals surface area (Å²) in [6.07, 6.45) is 0. The number of rotatable bonds is 4. The van der Waals surface area contributed by atoms with E-state index in [2.05, 4.69) is 15.0 Å². The molecule has 126 valence electrons. The summed E-state index contributed by atoms with van der Waals surface area (Å²) in [5.74, 6) is 1.12. The van der Waals surface area contributed by atoms with Crippen LogP contribution in [0.4, 0.5) is 0 Å². The van der Waals surface area contributed by atoms with Crippen molar-refractivity contribution in [3.63, 3.8) is 0 Å². The van der Waals surface area contributed by atoms with Crippen LogP contribution < -0.4 is 0 Å². The lowest BCUT2D eigenvalue weighted by atomic mass is 10.2. The SMILES string of the molecule is Cc1nc(CN2CCN(S(=O)(=O)c3cccc(C#N)c3)CC2)no1. The second kappa shape index (κ2) is 6.68. The summed E-state index contributed by atoms with van der Waals surface area (Å²) < 4.78 is 31.8. The second-order valence-corrected chi connectivity index (χ2v) is 7.49. The molecule has 0 amide bonds. The van der Waals surface area contributed by atoms with Crippen molar-refractivity contribution in [3.05, 3.63) is 41.5 Å². The molecule has 2 heterocycles. The van der Waals surface area contributed by atoms with E-state index in [0.717, 1.165) is 0 Å². The number of aryl methyl sites for hydroxylation is 1. The molecule has 0 unspecified atom stereocenters. The number of benzene rings is 1. The lowest BCUT2D eigenvalue weighted by Crippen LogP contribution is -2.48. The Hall–Kier alpha value is -2.28. The fraction of sp³-hybridized carbons (Fsp3) is 0.400. The van der Waals surface area contributed by atoms with E-state index in [0.29, 0.717) is 50.0 Å². The molecule has 1 aromatic heterocycles. The molecule has 0 radical (unpaired) electrons. The Morgan fingerprint density at radius 2 is 2.04 bits per heavy atom. The molecule has 24 heavy (non-hydrogen) atoms. The normalized spacial score (nSPS) is 16.8. The van der Waals surface area contributed by atoms with Gasteiger partial charge in [0.2, 0.25) is 15.9 Å². The average molecular weight is 347 g/mol. The van der Waals surface area contributed by atoms with Gasteiger partial charge in [0.1, 0.15) is 0 Å². The lowest BCUT2D eigenvalue weighted by molar-refractivity contribution is 0.176. The zero-order valence-electron chi connectivity index (χ0n) is 13.2. The highest BCUT2D eigenvalue weighted by atomic mass is 32.2. The van der Waals surface area contributed by atoms with E-state index in [1.54, 1.807) is 19.1 Å². The number of nitrogens with zero attached hydrogens (tertiary/aromatic N) is 5. The van der Waals surface area contributed by atoms with E-state index in [1.165, 1.54) is 16.4 Å². The van der Waals surface area contributed by atoms with Crippen molar-refractivity contribution < 1.29 is 12.9 Å². The van der Waals surface area contributed by atoms with Gasteiger partial charge in [0.15, 0.2) is 5.82 Å². The molecular formula is C15H17N5O3S. The monoisotopic (exact) mass is 347 g/mol. The highest BCUT2D eigenvalue weighted by Gasteiger charge is 2.29. The van der Waals surface area contributed by atoms with Crippen LogP contribution in [0.3, 0.4) is 0 Å². The summed E-state index contributed by atoms with van der Waals surface area (Å²) >= 11 is 0. The predicted molar refractivity (Wildman–Crippen MR) is 84.2 cm³/mol. The first kappa shape index (κ1) is 16.6. The van der Waals surface area contributed by atoms with Crippen LogP contribution in [-0.4, -0.2) is 53.9 Å². The largest absolute Gasteiger partial charge is 0.340 e. The van der Waals surface area contributed by atoms with Gasteiger partial charge in [-0.15, -0.1) is 0 Å². The Morgan fingerprint density at radius 1 is 1.29 bits per heavy atom. The highest BCUT2D eigenvalue weighted by Crippen LogP contribution is 2.19. The zero-order chi connectivity index (χ0) is 17.2. The molecular weight excluding hydrogens is 330 g/mol. The van der Waals surface area contributed by atoms with Gasteiger partial charge in [-0.05, 0) is 18.2 Å². The fourth-order valence-electron chi connectivity index (χ4n) is 2.61. The third-order valence-corrected chi connectivity index (χ3v) is 5.76. The third-order valence-electron chi connectivity index (χ3n) is 3.87. The van der Waals surface area contributed by atoms with Crippen molar-refractivity contribution in [2.75, 3.05) is 26.2 Å². The molecule has 8 nitrogen and oxygen atoms in total.